The third kappa shape index (κ3) is 5.66. The molecule has 0 N–H and O–H groups in total. The highest BCUT2D eigenvalue weighted by molar-refractivity contribution is 6.01. The Kier molecular flexibility index (Phi) is 6.73. The number of ketones is 1. The first kappa shape index (κ1) is 19.1. The van der Waals surface area contributed by atoms with Crippen LogP contribution in [-0.4, -0.2) is 35.0 Å². The number of carbonyl (C=O) groups excluding carboxylic acids is 2. The molecule has 0 radical (unpaired) electrons. The molecule has 1 aromatic rings. The van der Waals surface area contributed by atoms with E-state index in [-0.39, 0.29) is 5.56 Å². The van der Waals surface area contributed by atoms with Crippen molar-refractivity contribution in [2.45, 2.75) is 59.1 Å². The van der Waals surface area contributed by atoms with Crippen molar-refractivity contribution in [2.24, 2.45) is 0 Å². The molecule has 1 rings (SSSR count). The summed E-state index contributed by atoms with van der Waals surface area (Å²) in [5.41, 5.74) is -0.660. The molecule has 0 aromatic heterocycles. The monoisotopic (exact) mass is 323 g/mol. The number of unbranched alkanes of at least 4 members (excludes halogenated alkanes) is 1. The van der Waals surface area contributed by atoms with E-state index in [1.54, 1.807) is 33.8 Å². The number of hydrogen-bond donors (Lipinski definition) is 0. The summed E-state index contributed by atoms with van der Waals surface area (Å²) in [6.45, 7) is 9.31. The SMILES string of the molecule is CCCCN(C(=O)OC(C)(C)C)C(C)C(=O)c1ccccc1F. The van der Waals surface area contributed by atoms with Crippen molar-refractivity contribution in [1.82, 2.24) is 4.90 Å². The van der Waals surface area contributed by atoms with Crippen LogP contribution in [0.2, 0.25) is 0 Å². The highest BCUT2D eigenvalue weighted by Crippen LogP contribution is 2.17. The van der Waals surface area contributed by atoms with E-state index in [9.17, 15) is 14.0 Å². The first-order valence-electron chi connectivity index (χ1n) is 7.95. The summed E-state index contributed by atoms with van der Waals surface area (Å²) in [6.07, 6.45) is 1.07. The van der Waals surface area contributed by atoms with Crippen LogP contribution in [0.3, 0.4) is 0 Å². The molecule has 23 heavy (non-hydrogen) atoms. The van der Waals surface area contributed by atoms with Gasteiger partial charge in [0.05, 0.1) is 11.6 Å². The highest BCUT2D eigenvalue weighted by atomic mass is 19.1. The van der Waals surface area contributed by atoms with Crippen LogP contribution in [0, 0.1) is 5.82 Å². The molecule has 0 saturated heterocycles. The maximum atomic E-state index is 13.8. The summed E-state index contributed by atoms with van der Waals surface area (Å²) >= 11 is 0. The summed E-state index contributed by atoms with van der Waals surface area (Å²) in [5, 5.41) is 0. The molecule has 0 aliphatic heterocycles. The Morgan fingerprint density at radius 2 is 1.87 bits per heavy atom. The number of halogens is 1. The van der Waals surface area contributed by atoms with Gasteiger partial charge >= 0.3 is 6.09 Å². The molecule has 0 bridgehead atoms. The van der Waals surface area contributed by atoms with E-state index < -0.39 is 29.3 Å². The molecule has 0 saturated carbocycles. The molecule has 5 heteroatoms. The van der Waals surface area contributed by atoms with Crippen molar-refractivity contribution in [3.8, 4) is 0 Å². The fourth-order valence-corrected chi connectivity index (χ4v) is 2.12. The summed E-state index contributed by atoms with van der Waals surface area (Å²) in [4.78, 5) is 26.3. The number of rotatable bonds is 6. The number of nitrogens with zero attached hydrogens (tertiary/aromatic N) is 1. The van der Waals surface area contributed by atoms with Crippen molar-refractivity contribution in [3.05, 3.63) is 35.6 Å². The highest BCUT2D eigenvalue weighted by Gasteiger charge is 2.30. The van der Waals surface area contributed by atoms with E-state index in [0.29, 0.717) is 6.54 Å². The number of ether oxygens (including phenoxy) is 1. The van der Waals surface area contributed by atoms with Gasteiger partial charge in [-0.25, -0.2) is 9.18 Å². The van der Waals surface area contributed by atoms with Crippen molar-refractivity contribution in [1.29, 1.82) is 0 Å². The quantitative estimate of drug-likeness (QED) is 0.727. The van der Waals surface area contributed by atoms with Gasteiger partial charge in [-0.05, 0) is 46.2 Å². The zero-order chi connectivity index (χ0) is 17.6. The van der Waals surface area contributed by atoms with Crippen molar-refractivity contribution in [3.63, 3.8) is 0 Å². The van der Waals surface area contributed by atoms with Crippen LogP contribution in [0.25, 0.3) is 0 Å². The average Bonchev–Trinajstić information content (AvgIpc) is 2.45. The molecular weight excluding hydrogens is 297 g/mol. The van der Waals surface area contributed by atoms with Crippen LogP contribution in [0.15, 0.2) is 24.3 Å². The lowest BCUT2D eigenvalue weighted by Crippen LogP contribution is -2.46. The van der Waals surface area contributed by atoms with Gasteiger partial charge in [-0.15, -0.1) is 0 Å². The molecule has 0 aliphatic rings. The predicted molar refractivity (Wildman–Crippen MR) is 88.0 cm³/mol. The van der Waals surface area contributed by atoms with Crippen LogP contribution in [0.1, 0.15) is 57.8 Å². The van der Waals surface area contributed by atoms with E-state index in [4.69, 9.17) is 4.74 Å². The molecule has 0 fully saturated rings. The lowest BCUT2D eigenvalue weighted by atomic mass is 10.0. The zero-order valence-electron chi connectivity index (χ0n) is 14.6. The Morgan fingerprint density at radius 3 is 2.39 bits per heavy atom. The van der Waals surface area contributed by atoms with Gasteiger partial charge in [0.15, 0.2) is 5.78 Å². The minimum atomic E-state index is -0.784. The molecule has 0 aliphatic carbocycles. The van der Waals surface area contributed by atoms with E-state index in [1.807, 2.05) is 6.92 Å². The van der Waals surface area contributed by atoms with Crippen LogP contribution < -0.4 is 0 Å². The molecule has 0 heterocycles. The lowest BCUT2D eigenvalue weighted by Gasteiger charge is -2.31. The number of hydrogen-bond acceptors (Lipinski definition) is 3. The Balaban J connectivity index is 2.99. The van der Waals surface area contributed by atoms with Gasteiger partial charge < -0.3 is 4.74 Å². The van der Waals surface area contributed by atoms with Crippen molar-refractivity contribution in [2.75, 3.05) is 6.54 Å². The molecule has 1 aromatic carbocycles. The first-order valence-corrected chi connectivity index (χ1v) is 7.95. The van der Waals surface area contributed by atoms with Gasteiger partial charge in [0, 0.05) is 6.54 Å². The molecular formula is C18H26FNO3. The van der Waals surface area contributed by atoms with Gasteiger partial charge in [0.2, 0.25) is 0 Å². The molecule has 1 amide bonds. The third-order valence-electron chi connectivity index (χ3n) is 3.37. The summed E-state index contributed by atoms with van der Waals surface area (Å²) in [7, 11) is 0. The van der Waals surface area contributed by atoms with E-state index in [0.717, 1.165) is 12.8 Å². The van der Waals surface area contributed by atoms with Gasteiger partial charge in [-0.2, -0.15) is 0 Å². The largest absolute Gasteiger partial charge is 0.444 e. The molecule has 1 unspecified atom stereocenters. The Hall–Kier alpha value is -1.91. The maximum absolute atomic E-state index is 13.8. The Morgan fingerprint density at radius 1 is 1.26 bits per heavy atom. The average molecular weight is 323 g/mol. The number of Topliss-reactive ketones (excluding diaryl/α,β-unsaturated/α-hetero) is 1. The standard InChI is InChI=1S/C18H26FNO3/c1-6-7-12-20(17(22)23-18(3,4)5)13(2)16(21)14-10-8-9-11-15(14)19/h8-11,13H,6-7,12H2,1-5H3. The van der Waals surface area contributed by atoms with Gasteiger partial charge in [0.25, 0.3) is 0 Å². The Bertz CT molecular complexity index is 551. The Labute approximate surface area is 137 Å². The summed E-state index contributed by atoms with van der Waals surface area (Å²) < 4.78 is 19.2. The van der Waals surface area contributed by atoms with E-state index in [1.165, 1.54) is 23.1 Å². The molecule has 0 spiro atoms. The fourth-order valence-electron chi connectivity index (χ4n) is 2.12. The van der Waals surface area contributed by atoms with Crippen LogP contribution in [0.4, 0.5) is 9.18 Å². The van der Waals surface area contributed by atoms with Gasteiger partial charge in [-0.3, -0.25) is 9.69 Å². The van der Waals surface area contributed by atoms with Crippen LogP contribution in [-0.2, 0) is 4.74 Å². The normalized spacial score (nSPS) is 12.6. The van der Waals surface area contributed by atoms with Crippen LogP contribution in [0.5, 0.6) is 0 Å². The fraction of sp³-hybridized carbons (Fsp3) is 0.556. The third-order valence-corrected chi connectivity index (χ3v) is 3.37. The molecule has 128 valence electrons. The summed E-state index contributed by atoms with van der Waals surface area (Å²) in [6, 6.07) is 5.02. The number of amides is 1. The second-order valence-corrected chi connectivity index (χ2v) is 6.55. The minimum Gasteiger partial charge on any atom is -0.444 e. The van der Waals surface area contributed by atoms with Gasteiger partial charge in [0.1, 0.15) is 11.4 Å². The molecule has 4 nitrogen and oxygen atoms in total. The summed E-state index contributed by atoms with van der Waals surface area (Å²) in [5.74, 6) is -1.01. The number of carbonyl (C=O) groups is 2. The second-order valence-electron chi connectivity index (χ2n) is 6.55. The topological polar surface area (TPSA) is 46.6 Å². The smallest absolute Gasteiger partial charge is 0.410 e. The number of benzene rings is 1. The van der Waals surface area contributed by atoms with E-state index in [2.05, 4.69) is 0 Å². The van der Waals surface area contributed by atoms with Crippen molar-refractivity contribution < 1.29 is 18.7 Å². The maximum Gasteiger partial charge on any atom is 0.410 e. The molecule has 1 atom stereocenters. The van der Waals surface area contributed by atoms with E-state index >= 15 is 0 Å². The first-order chi connectivity index (χ1) is 10.7. The second kappa shape index (κ2) is 8.09. The van der Waals surface area contributed by atoms with Crippen LogP contribution >= 0.6 is 0 Å². The predicted octanol–water partition coefficient (Wildman–Crippen LogP) is 4.43. The van der Waals surface area contributed by atoms with Gasteiger partial charge in [-0.1, -0.05) is 25.5 Å². The minimum absolute atomic E-state index is 0.00921. The van der Waals surface area contributed by atoms with Crippen molar-refractivity contribution >= 4 is 11.9 Å². The lowest BCUT2D eigenvalue weighted by molar-refractivity contribution is 0.0171. The zero-order valence-corrected chi connectivity index (χ0v) is 14.6.